The summed E-state index contributed by atoms with van der Waals surface area (Å²) in [6.45, 7) is 4.55. The summed E-state index contributed by atoms with van der Waals surface area (Å²) in [5.41, 5.74) is 8.16. The molecule has 0 spiro atoms. The molecule has 82 valence electrons. The predicted molar refractivity (Wildman–Crippen MR) is 66.1 cm³/mol. The lowest BCUT2D eigenvalue weighted by Crippen LogP contribution is -2.34. The van der Waals surface area contributed by atoms with Crippen LogP contribution in [-0.4, -0.2) is 12.1 Å². The Morgan fingerprint density at radius 2 is 2.07 bits per heavy atom. The summed E-state index contributed by atoms with van der Waals surface area (Å²) in [5.74, 6) is 0. The Hall–Kier alpha value is -1.18. The highest BCUT2D eigenvalue weighted by atomic mass is 15.2. The standard InChI is InChI=1S/C13H20N2/c1-3-11-9-8-10(2)15(11)13-7-5-4-6-12(13)14/h4-7,10-11H,3,8-9,14H2,1-2H3. The summed E-state index contributed by atoms with van der Waals surface area (Å²) < 4.78 is 0. The van der Waals surface area contributed by atoms with Crippen LogP contribution < -0.4 is 10.6 Å². The molecule has 1 fully saturated rings. The van der Waals surface area contributed by atoms with Gasteiger partial charge >= 0.3 is 0 Å². The average Bonchev–Trinajstić information content (AvgIpc) is 2.60. The molecule has 1 aromatic carbocycles. The molecule has 2 heteroatoms. The predicted octanol–water partition coefficient (Wildman–Crippen LogP) is 3.04. The quantitative estimate of drug-likeness (QED) is 0.750. The van der Waals surface area contributed by atoms with Crippen molar-refractivity contribution >= 4 is 11.4 Å². The van der Waals surface area contributed by atoms with Gasteiger partial charge in [0.2, 0.25) is 0 Å². The van der Waals surface area contributed by atoms with Gasteiger partial charge in [0, 0.05) is 12.1 Å². The van der Waals surface area contributed by atoms with Crippen molar-refractivity contribution in [3.63, 3.8) is 0 Å². The molecule has 0 saturated carbocycles. The fraction of sp³-hybridized carbons (Fsp3) is 0.538. The van der Waals surface area contributed by atoms with Gasteiger partial charge < -0.3 is 10.6 Å². The Balaban J connectivity index is 2.32. The second kappa shape index (κ2) is 4.13. The molecular weight excluding hydrogens is 184 g/mol. The number of nitrogen functional groups attached to an aromatic ring is 1. The molecule has 2 atom stereocenters. The summed E-state index contributed by atoms with van der Waals surface area (Å²) in [6.07, 6.45) is 3.79. The number of hydrogen-bond acceptors (Lipinski definition) is 2. The van der Waals surface area contributed by atoms with Crippen molar-refractivity contribution < 1.29 is 0 Å². The number of hydrogen-bond donors (Lipinski definition) is 1. The number of benzene rings is 1. The van der Waals surface area contributed by atoms with Crippen molar-refractivity contribution in [1.82, 2.24) is 0 Å². The molecule has 0 amide bonds. The van der Waals surface area contributed by atoms with E-state index in [-0.39, 0.29) is 0 Å². The Kier molecular flexibility index (Phi) is 2.85. The maximum absolute atomic E-state index is 6.04. The molecule has 1 aromatic rings. The lowest BCUT2D eigenvalue weighted by atomic mass is 10.1. The molecule has 1 heterocycles. The van der Waals surface area contributed by atoms with Crippen molar-refractivity contribution in [2.24, 2.45) is 0 Å². The number of anilines is 2. The number of para-hydroxylation sites is 2. The lowest BCUT2D eigenvalue weighted by Gasteiger charge is -2.31. The van der Waals surface area contributed by atoms with Gasteiger partial charge in [-0.2, -0.15) is 0 Å². The topological polar surface area (TPSA) is 29.3 Å². The van der Waals surface area contributed by atoms with Gasteiger partial charge in [-0.25, -0.2) is 0 Å². The van der Waals surface area contributed by atoms with E-state index in [9.17, 15) is 0 Å². The minimum absolute atomic E-state index is 0.625. The monoisotopic (exact) mass is 204 g/mol. The molecule has 1 saturated heterocycles. The van der Waals surface area contributed by atoms with E-state index >= 15 is 0 Å². The SMILES string of the molecule is CCC1CCC(C)N1c1ccccc1N. The summed E-state index contributed by atoms with van der Waals surface area (Å²) in [6, 6.07) is 9.50. The molecule has 2 N–H and O–H groups in total. The maximum atomic E-state index is 6.04. The molecule has 0 bridgehead atoms. The van der Waals surface area contributed by atoms with Gasteiger partial charge in [0.25, 0.3) is 0 Å². The zero-order valence-electron chi connectivity index (χ0n) is 9.61. The highest BCUT2D eigenvalue weighted by molar-refractivity contribution is 5.68. The Bertz CT molecular complexity index is 335. The third-order valence-electron chi connectivity index (χ3n) is 3.47. The molecule has 1 aliphatic heterocycles. The van der Waals surface area contributed by atoms with Crippen LogP contribution in [0.1, 0.15) is 33.1 Å². The second-order valence-electron chi connectivity index (χ2n) is 4.45. The molecule has 0 aromatic heterocycles. The van der Waals surface area contributed by atoms with Crippen molar-refractivity contribution in [1.29, 1.82) is 0 Å². The van der Waals surface area contributed by atoms with Crippen LogP contribution in [0, 0.1) is 0 Å². The Morgan fingerprint density at radius 3 is 2.73 bits per heavy atom. The van der Waals surface area contributed by atoms with Gasteiger partial charge in [-0.05, 0) is 38.3 Å². The average molecular weight is 204 g/mol. The number of nitrogens with two attached hydrogens (primary N) is 1. The van der Waals surface area contributed by atoms with Crippen LogP contribution in [0.5, 0.6) is 0 Å². The molecule has 0 radical (unpaired) electrons. The molecule has 2 rings (SSSR count). The van der Waals surface area contributed by atoms with E-state index in [0.29, 0.717) is 12.1 Å². The lowest BCUT2D eigenvalue weighted by molar-refractivity contribution is 0.629. The van der Waals surface area contributed by atoms with E-state index in [4.69, 9.17) is 5.73 Å². The summed E-state index contributed by atoms with van der Waals surface area (Å²) in [5, 5.41) is 0. The minimum Gasteiger partial charge on any atom is -0.397 e. The maximum Gasteiger partial charge on any atom is 0.0604 e. The third-order valence-corrected chi connectivity index (χ3v) is 3.47. The summed E-state index contributed by atoms with van der Waals surface area (Å²) >= 11 is 0. The summed E-state index contributed by atoms with van der Waals surface area (Å²) in [7, 11) is 0. The zero-order chi connectivity index (χ0) is 10.8. The third kappa shape index (κ3) is 1.81. The van der Waals surface area contributed by atoms with Crippen molar-refractivity contribution in [3.8, 4) is 0 Å². The smallest absolute Gasteiger partial charge is 0.0604 e. The first-order chi connectivity index (χ1) is 7.24. The van der Waals surface area contributed by atoms with Gasteiger partial charge in [0.15, 0.2) is 0 Å². The molecular formula is C13H20N2. The minimum atomic E-state index is 0.625. The van der Waals surface area contributed by atoms with Gasteiger partial charge in [-0.1, -0.05) is 19.1 Å². The Morgan fingerprint density at radius 1 is 1.33 bits per heavy atom. The fourth-order valence-electron chi connectivity index (χ4n) is 2.63. The number of nitrogens with zero attached hydrogens (tertiary/aromatic N) is 1. The van der Waals surface area contributed by atoms with Crippen LogP contribution in [0.3, 0.4) is 0 Å². The van der Waals surface area contributed by atoms with Crippen LogP contribution in [-0.2, 0) is 0 Å². The number of rotatable bonds is 2. The van der Waals surface area contributed by atoms with E-state index < -0.39 is 0 Å². The fourth-order valence-corrected chi connectivity index (χ4v) is 2.63. The highest BCUT2D eigenvalue weighted by Gasteiger charge is 2.30. The normalized spacial score (nSPS) is 25.9. The van der Waals surface area contributed by atoms with Crippen molar-refractivity contribution in [3.05, 3.63) is 24.3 Å². The molecule has 0 aliphatic carbocycles. The first-order valence-corrected chi connectivity index (χ1v) is 5.87. The van der Waals surface area contributed by atoms with Crippen LogP contribution in [0.25, 0.3) is 0 Å². The van der Waals surface area contributed by atoms with E-state index in [1.54, 1.807) is 0 Å². The zero-order valence-corrected chi connectivity index (χ0v) is 9.61. The van der Waals surface area contributed by atoms with Gasteiger partial charge in [0.05, 0.1) is 11.4 Å². The van der Waals surface area contributed by atoms with Crippen molar-refractivity contribution in [2.75, 3.05) is 10.6 Å². The van der Waals surface area contributed by atoms with Gasteiger partial charge in [-0.15, -0.1) is 0 Å². The summed E-state index contributed by atoms with van der Waals surface area (Å²) in [4.78, 5) is 2.50. The van der Waals surface area contributed by atoms with Crippen LogP contribution in [0.2, 0.25) is 0 Å². The van der Waals surface area contributed by atoms with E-state index in [0.717, 1.165) is 5.69 Å². The first kappa shape index (κ1) is 10.3. The second-order valence-corrected chi connectivity index (χ2v) is 4.45. The van der Waals surface area contributed by atoms with Crippen molar-refractivity contribution in [2.45, 2.75) is 45.2 Å². The first-order valence-electron chi connectivity index (χ1n) is 5.87. The largest absolute Gasteiger partial charge is 0.397 e. The molecule has 2 unspecified atom stereocenters. The van der Waals surface area contributed by atoms with E-state index in [2.05, 4.69) is 30.9 Å². The van der Waals surface area contributed by atoms with Gasteiger partial charge in [0.1, 0.15) is 0 Å². The Labute approximate surface area is 92.1 Å². The molecule has 2 nitrogen and oxygen atoms in total. The van der Waals surface area contributed by atoms with E-state index in [1.807, 2.05) is 12.1 Å². The van der Waals surface area contributed by atoms with Gasteiger partial charge in [-0.3, -0.25) is 0 Å². The van der Waals surface area contributed by atoms with Crippen LogP contribution in [0.15, 0.2) is 24.3 Å². The molecule has 1 aliphatic rings. The molecule has 15 heavy (non-hydrogen) atoms. The van der Waals surface area contributed by atoms with Crippen LogP contribution in [0.4, 0.5) is 11.4 Å². The highest BCUT2D eigenvalue weighted by Crippen LogP contribution is 2.34. The van der Waals surface area contributed by atoms with E-state index in [1.165, 1.54) is 24.9 Å². The van der Waals surface area contributed by atoms with Crippen LogP contribution >= 0.6 is 0 Å².